The molecule has 2 rings (SSSR count). The highest BCUT2D eigenvalue weighted by atomic mass is 16.5. The Morgan fingerprint density at radius 3 is 3.23 bits per heavy atom. The second kappa shape index (κ2) is 3.26. The van der Waals surface area contributed by atoms with Gasteiger partial charge in [-0.1, -0.05) is 12.1 Å². The van der Waals surface area contributed by atoms with E-state index in [1.807, 2.05) is 25.1 Å². The van der Waals surface area contributed by atoms with Gasteiger partial charge in [0.05, 0.1) is 6.61 Å². The zero-order chi connectivity index (χ0) is 9.26. The number of fused-ring (bicyclic) bond motifs is 1. The van der Waals surface area contributed by atoms with Gasteiger partial charge in [-0.2, -0.15) is 0 Å². The number of benzene rings is 1. The molecule has 70 valence electrons. The lowest BCUT2D eigenvalue weighted by Crippen LogP contribution is -1.97. The second-order valence-corrected chi connectivity index (χ2v) is 2.93. The molecule has 0 saturated heterocycles. The Labute approximate surface area is 76.9 Å². The van der Waals surface area contributed by atoms with Gasteiger partial charge in [0.2, 0.25) is 0 Å². The molecule has 0 spiro atoms. The van der Waals surface area contributed by atoms with Gasteiger partial charge >= 0.3 is 0 Å². The van der Waals surface area contributed by atoms with Gasteiger partial charge in [-0.25, -0.2) is 0 Å². The fourth-order valence-electron chi connectivity index (χ4n) is 1.47. The highest BCUT2D eigenvalue weighted by Crippen LogP contribution is 2.39. The van der Waals surface area contributed by atoms with Crippen LogP contribution in [0.2, 0.25) is 0 Å². The second-order valence-electron chi connectivity index (χ2n) is 2.93. The van der Waals surface area contributed by atoms with Gasteiger partial charge in [0.25, 0.3) is 0 Å². The number of aliphatic hydroxyl groups is 1. The number of hydrogen-bond acceptors (Lipinski definition) is 3. The maximum atomic E-state index is 9.49. The lowest BCUT2D eigenvalue weighted by molar-refractivity contribution is 0.139. The van der Waals surface area contributed by atoms with Gasteiger partial charge in [-0.15, -0.1) is 0 Å². The first kappa shape index (κ1) is 8.38. The van der Waals surface area contributed by atoms with E-state index in [2.05, 4.69) is 0 Å². The fraction of sp³-hybridized carbons (Fsp3) is 0.400. The summed E-state index contributed by atoms with van der Waals surface area (Å²) in [6, 6.07) is 5.57. The zero-order valence-corrected chi connectivity index (χ0v) is 7.49. The molecule has 1 aliphatic heterocycles. The van der Waals surface area contributed by atoms with E-state index in [-0.39, 0.29) is 0 Å². The minimum absolute atomic E-state index is 0.333. The summed E-state index contributed by atoms with van der Waals surface area (Å²) >= 11 is 0. The van der Waals surface area contributed by atoms with Crippen LogP contribution < -0.4 is 9.47 Å². The number of ether oxygens (including phenoxy) is 2. The summed E-state index contributed by atoms with van der Waals surface area (Å²) in [6.07, 6.45) is -0.504. The molecule has 0 saturated carbocycles. The lowest BCUT2D eigenvalue weighted by Gasteiger charge is -2.07. The molecule has 1 aromatic rings. The quantitative estimate of drug-likeness (QED) is 0.749. The third-order valence-corrected chi connectivity index (χ3v) is 2.05. The number of hydrogen-bond donors (Lipinski definition) is 1. The molecule has 1 aromatic carbocycles. The van der Waals surface area contributed by atoms with Gasteiger partial charge < -0.3 is 14.6 Å². The van der Waals surface area contributed by atoms with Crippen molar-refractivity contribution in [1.82, 2.24) is 0 Å². The van der Waals surface area contributed by atoms with Crippen LogP contribution in [0.5, 0.6) is 11.5 Å². The molecule has 0 radical (unpaired) electrons. The van der Waals surface area contributed by atoms with E-state index in [0.29, 0.717) is 19.0 Å². The van der Waals surface area contributed by atoms with Crippen LogP contribution in [-0.4, -0.2) is 18.3 Å². The molecule has 3 nitrogen and oxygen atoms in total. The van der Waals surface area contributed by atoms with Crippen LogP contribution in [0.3, 0.4) is 0 Å². The van der Waals surface area contributed by atoms with Crippen LogP contribution >= 0.6 is 0 Å². The first-order valence-corrected chi connectivity index (χ1v) is 4.39. The van der Waals surface area contributed by atoms with Crippen molar-refractivity contribution in [3.63, 3.8) is 0 Å². The molecule has 0 aromatic heterocycles. The Kier molecular flexibility index (Phi) is 2.10. The van der Waals surface area contributed by atoms with E-state index in [1.54, 1.807) is 0 Å². The van der Waals surface area contributed by atoms with Gasteiger partial charge in [-0.3, -0.25) is 0 Å². The minimum Gasteiger partial charge on any atom is -0.490 e. The monoisotopic (exact) mass is 180 g/mol. The summed E-state index contributed by atoms with van der Waals surface area (Å²) in [6.45, 7) is 2.86. The average molecular weight is 180 g/mol. The summed E-state index contributed by atoms with van der Waals surface area (Å²) in [7, 11) is 0. The molecule has 13 heavy (non-hydrogen) atoms. The van der Waals surface area contributed by atoms with E-state index >= 15 is 0 Å². The van der Waals surface area contributed by atoms with Crippen LogP contribution in [0.1, 0.15) is 18.6 Å². The molecule has 1 unspecified atom stereocenters. The first-order valence-electron chi connectivity index (χ1n) is 4.39. The Morgan fingerprint density at radius 2 is 2.46 bits per heavy atom. The van der Waals surface area contributed by atoms with Gasteiger partial charge in [0.1, 0.15) is 12.7 Å². The van der Waals surface area contributed by atoms with E-state index in [1.165, 1.54) is 0 Å². The Balaban J connectivity index is 2.38. The van der Waals surface area contributed by atoms with Crippen molar-refractivity contribution in [3.05, 3.63) is 23.8 Å². The Bertz CT molecular complexity index is 309. The summed E-state index contributed by atoms with van der Waals surface area (Å²) in [5.74, 6) is 1.41. The van der Waals surface area contributed by atoms with Gasteiger partial charge in [-0.05, 0) is 13.0 Å². The molecule has 0 bridgehead atoms. The van der Waals surface area contributed by atoms with E-state index in [0.717, 1.165) is 11.3 Å². The summed E-state index contributed by atoms with van der Waals surface area (Å²) in [4.78, 5) is 0. The zero-order valence-electron chi connectivity index (χ0n) is 7.49. The topological polar surface area (TPSA) is 38.7 Å². The predicted molar refractivity (Wildman–Crippen MR) is 48.1 cm³/mol. The van der Waals surface area contributed by atoms with Crippen LogP contribution in [0, 0.1) is 0 Å². The van der Waals surface area contributed by atoms with Crippen molar-refractivity contribution in [2.45, 2.75) is 13.0 Å². The van der Waals surface area contributed by atoms with Gasteiger partial charge in [0.15, 0.2) is 11.5 Å². The van der Waals surface area contributed by atoms with Crippen LogP contribution in [-0.2, 0) is 0 Å². The third kappa shape index (κ3) is 1.35. The molecular weight excluding hydrogens is 168 g/mol. The van der Waals surface area contributed by atoms with Crippen molar-refractivity contribution < 1.29 is 14.6 Å². The van der Waals surface area contributed by atoms with Crippen molar-refractivity contribution in [3.8, 4) is 11.5 Å². The molecule has 1 aliphatic rings. The number of rotatable bonds is 2. The normalized spacial score (nSPS) is 19.4. The molecule has 0 aliphatic carbocycles. The largest absolute Gasteiger partial charge is 0.490 e. The molecule has 0 amide bonds. The lowest BCUT2D eigenvalue weighted by atomic mass is 10.1. The molecule has 3 heteroatoms. The number of para-hydroxylation sites is 1. The molecule has 1 atom stereocenters. The van der Waals surface area contributed by atoms with Crippen molar-refractivity contribution >= 4 is 0 Å². The maximum Gasteiger partial charge on any atom is 0.167 e. The first-order chi connectivity index (χ1) is 6.33. The van der Waals surface area contributed by atoms with E-state index in [9.17, 15) is 5.11 Å². The third-order valence-electron chi connectivity index (χ3n) is 2.05. The van der Waals surface area contributed by atoms with E-state index < -0.39 is 6.10 Å². The fourth-order valence-corrected chi connectivity index (χ4v) is 1.47. The van der Waals surface area contributed by atoms with Crippen molar-refractivity contribution in [1.29, 1.82) is 0 Å². The molecular formula is C10H12O3. The molecule has 0 fully saturated rings. The Morgan fingerprint density at radius 1 is 1.62 bits per heavy atom. The van der Waals surface area contributed by atoms with Gasteiger partial charge in [0, 0.05) is 5.56 Å². The van der Waals surface area contributed by atoms with Crippen LogP contribution in [0.15, 0.2) is 18.2 Å². The van der Waals surface area contributed by atoms with Crippen molar-refractivity contribution in [2.75, 3.05) is 13.2 Å². The smallest absolute Gasteiger partial charge is 0.167 e. The van der Waals surface area contributed by atoms with Crippen LogP contribution in [0.4, 0.5) is 0 Å². The SMILES string of the molecule is CCOc1cccc2c1OCC2O. The predicted octanol–water partition coefficient (Wildman–Crippen LogP) is 1.51. The highest BCUT2D eigenvalue weighted by Gasteiger charge is 2.24. The summed E-state index contributed by atoms with van der Waals surface area (Å²) in [5.41, 5.74) is 0.825. The highest BCUT2D eigenvalue weighted by molar-refractivity contribution is 5.49. The number of aliphatic hydroxyl groups excluding tert-OH is 1. The summed E-state index contributed by atoms with van der Waals surface area (Å²) in [5, 5.41) is 9.49. The van der Waals surface area contributed by atoms with Crippen molar-refractivity contribution in [2.24, 2.45) is 0 Å². The maximum absolute atomic E-state index is 9.49. The summed E-state index contributed by atoms with van der Waals surface area (Å²) < 4.78 is 10.7. The van der Waals surface area contributed by atoms with E-state index in [4.69, 9.17) is 9.47 Å². The Hall–Kier alpha value is -1.22. The minimum atomic E-state index is -0.504. The molecule has 1 N–H and O–H groups in total. The standard InChI is InChI=1S/C10H12O3/c1-2-12-9-5-3-4-7-8(11)6-13-10(7)9/h3-5,8,11H,2,6H2,1H3. The molecule has 1 heterocycles. The average Bonchev–Trinajstić information content (AvgIpc) is 2.50. The van der Waals surface area contributed by atoms with Crippen LogP contribution in [0.25, 0.3) is 0 Å².